The molecule has 1 aliphatic rings. The summed E-state index contributed by atoms with van der Waals surface area (Å²) in [7, 11) is -1.62. The van der Waals surface area contributed by atoms with Gasteiger partial charge in [-0.25, -0.2) is 8.42 Å². The Hall–Kier alpha value is -0.210. The minimum Gasteiger partial charge on any atom is -0.384 e. The van der Waals surface area contributed by atoms with Gasteiger partial charge in [0.05, 0.1) is 12.4 Å². The Balaban J connectivity index is 2.35. The van der Waals surface area contributed by atoms with Crippen LogP contribution in [-0.2, 0) is 14.8 Å². The van der Waals surface area contributed by atoms with Crippen molar-refractivity contribution in [3.05, 3.63) is 0 Å². The van der Waals surface area contributed by atoms with E-state index in [9.17, 15) is 8.42 Å². The van der Waals surface area contributed by atoms with E-state index < -0.39 is 10.0 Å². The Kier molecular flexibility index (Phi) is 6.35. The summed E-state index contributed by atoms with van der Waals surface area (Å²) in [5.74, 6) is 0.0757. The van der Waals surface area contributed by atoms with Gasteiger partial charge in [-0.15, -0.1) is 0 Å². The normalized spacial score (nSPS) is 19.6. The maximum atomic E-state index is 11.9. The lowest BCUT2D eigenvalue weighted by molar-refractivity contribution is 0.184. The number of nitrogens with zero attached hydrogens (tertiary/aromatic N) is 2. The van der Waals surface area contributed by atoms with E-state index >= 15 is 0 Å². The molecule has 0 aliphatic carbocycles. The zero-order valence-electron chi connectivity index (χ0n) is 10.5. The molecule has 2 N–H and O–H groups in total. The van der Waals surface area contributed by atoms with Gasteiger partial charge in [-0.3, -0.25) is 0 Å². The highest BCUT2D eigenvalue weighted by Crippen LogP contribution is 2.08. The van der Waals surface area contributed by atoms with E-state index in [-0.39, 0.29) is 12.4 Å². The van der Waals surface area contributed by atoms with Crippen molar-refractivity contribution in [1.82, 2.24) is 9.21 Å². The molecule has 1 fully saturated rings. The highest BCUT2D eigenvalue weighted by atomic mass is 32.2. The Morgan fingerprint density at radius 2 is 1.88 bits per heavy atom. The highest BCUT2D eigenvalue weighted by molar-refractivity contribution is 7.89. The van der Waals surface area contributed by atoms with E-state index in [4.69, 9.17) is 10.5 Å². The highest BCUT2D eigenvalue weighted by Gasteiger charge is 2.26. The molecule has 0 aromatic carbocycles. The molecule has 1 heterocycles. The van der Waals surface area contributed by atoms with Gasteiger partial charge in [0.15, 0.2) is 0 Å². The molecule has 0 atom stereocenters. The summed E-state index contributed by atoms with van der Waals surface area (Å²) in [6.45, 7) is 4.66. The van der Waals surface area contributed by atoms with Gasteiger partial charge in [-0.05, 0) is 19.5 Å². The average molecular weight is 265 g/mol. The lowest BCUT2D eigenvalue weighted by atomic mass is 10.3. The predicted molar refractivity (Wildman–Crippen MR) is 67.3 cm³/mol. The number of sulfonamides is 1. The topological polar surface area (TPSA) is 75.9 Å². The standard InChI is InChI=1S/C10H23N3O3S/c1-16-9-10-17(14,15)13-7-5-12(6-8-13)4-2-3-11/h2-11H2,1H3. The van der Waals surface area contributed by atoms with Crippen molar-refractivity contribution < 1.29 is 13.2 Å². The van der Waals surface area contributed by atoms with Gasteiger partial charge in [0.1, 0.15) is 0 Å². The fourth-order valence-corrected chi connectivity index (χ4v) is 3.22. The molecule has 1 rings (SSSR count). The van der Waals surface area contributed by atoms with E-state index in [1.165, 1.54) is 7.11 Å². The van der Waals surface area contributed by atoms with E-state index in [2.05, 4.69) is 4.90 Å². The molecule has 0 saturated carbocycles. The van der Waals surface area contributed by atoms with E-state index in [1.54, 1.807) is 4.31 Å². The molecule has 1 saturated heterocycles. The second kappa shape index (κ2) is 7.27. The zero-order valence-corrected chi connectivity index (χ0v) is 11.3. The third kappa shape index (κ3) is 4.89. The molecule has 0 unspecified atom stereocenters. The third-order valence-electron chi connectivity index (χ3n) is 2.95. The third-order valence-corrected chi connectivity index (χ3v) is 4.78. The van der Waals surface area contributed by atoms with Crippen molar-refractivity contribution in [2.24, 2.45) is 5.73 Å². The summed E-state index contributed by atoms with van der Waals surface area (Å²) in [6, 6.07) is 0. The lowest BCUT2D eigenvalue weighted by Crippen LogP contribution is -2.49. The number of ether oxygens (including phenoxy) is 1. The van der Waals surface area contributed by atoms with Crippen LogP contribution in [0.25, 0.3) is 0 Å². The summed E-state index contributed by atoms with van der Waals surface area (Å²) in [5.41, 5.74) is 5.45. The molecular formula is C10H23N3O3S. The van der Waals surface area contributed by atoms with Crippen LogP contribution in [0.2, 0.25) is 0 Å². The average Bonchev–Trinajstić information content (AvgIpc) is 2.34. The smallest absolute Gasteiger partial charge is 0.216 e. The van der Waals surface area contributed by atoms with Gasteiger partial charge in [-0.1, -0.05) is 0 Å². The van der Waals surface area contributed by atoms with Crippen LogP contribution in [0, 0.1) is 0 Å². The fourth-order valence-electron chi connectivity index (χ4n) is 1.86. The van der Waals surface area contributed by atoms with Crippen LogP contribution in [0.4, 0.5) is 0 Å². The second-order valence-electron chi connectivity index (χ2n) is 4.19. The van der Waals surface area contributed by atoms with E-state index in [0.29, 0.717) is 19.6 Å². The van der Waals surface area contributed by atoms with Gasteiger partial charge in [0.2, 0.25) is 10.0 Å². The van der Waals surface area contributed by atoms with Gasteiger partial charge < -0.3 is 15.4 Å². The minimum atomic E-state index is -3.13. The zero-order chi connectivity index (χ0) is 12.7. The van der Waals surface area contributed by atoms with Crippen molar-refractivity contribution >= 4 is 10.0 Å². The molecule has 102 valence electrons. The number of methoxy groups -OCH3 is 1. The maximum absolute atomic E-state index is 11.9. The van der Waals surface area contributed by atoms with Crippen LogP contribution in [0.3, 0.4) is 0 Å². The van der Waals surface area contributed by atoms with Crippen molar-refractivity contribution in [2.45, 2.75) is 6.42 Å². The molecule has 0 aromatic rings. The van der Waals surface area contributed by atoms with E-state index in [0.717, 1.165) is 26.1 Å². The number of hydrogen-bond donors (Lipinski definition) is 1. The molecule has 17 heavy (non-hydrogen) atoms. The Bertz CT molecular complexity index is 300. The summed E-state index contributed by atoms with van der Waals surface area (Å²) < 4.78 is 30.1. The van der Waals surface area contributed by atoms with E-state index in [1.807, 2.05) is 0 Å². The van der Waals surface area contributed by atoms with Crippen LogP contribution < -0.4 is 5.73 Å². The van der Waals surface area contributed by atoms with Crippen molar-refractivity contribution in [1.29, 1.82) is 0 Å². The molecule has 0 spiro atoms. The minimum absolute atomic E-state index is 0.0757. The Morgan fingerprint density at radius 1 is 1.24 bits per heavy atom. The second-order valence-corrected chi connectivity index (χ2v) is 6.28. The van der Waals surface area contributed by atoms with Gasteiger partial charge in [-0.2, -0.15) is 4.31 Å². The molecule has 0 radical (unpaired) electrons. The number of piperazine rings is 1. The Labute approximate surface area is 104 Å². The molecule has 6 nitrogen and oxygen atoms in total. The number of nitrogens with two attached hydrogens (primary N) is 1. The quantitative estimate of drug-likeness (QED) is 0.634. The fraction of sp³-hybridized carbons (Fsp3) is 1.00. The van der Waals surface area contributed by atoms with Gasteiger partial charge in [0.25, 0.3) is 0 Å². The predicted octanol–water partition coefficient (Wildman–Crippen LogP) is -1.07. The van der Waals surface area contributed by atoms with Crippen LogP contribution in [-0.4, -0.2) is 76.4 Å². The molecular weight excluding hydrogens is 242 g/mol. The first-order valence-electron chi connectivity index (χ1n) is 5.99. The molecule has 0 aromatic heterocycles. The Morgan fingerprint density at radius 3 is 2.41 bits per heavy atom. The first kappa shape index (κ1) is 14.8. The monoisotopic (exact) mass is 265 g/mol. The van der Waals surface area contributed by atoms with Crippen LogP contribution in [0.15, 0.2) is 0 Å². The van der Waals surface area contributed by atoms with Crippen LogP contribution >= 0.6 is 0 Å². The van der Waals surface area contributed by atoms with Crippen molar-refractivity contribution in [2.75, 3.05) is 58.7 Å². The van der Waals surface area contributed by atoms with Gasteiger partial charge >= 0.3 is 0 Å². The largest absolute Gasteiger partial charge is 0.384 e. The summed E-state index contributed by atoms with van der Waals surface area (Å²) in [5, 5.41) is 0. The molecule has 0 amide bonds. The molecule has 0 bridgehead atoms. The SMILES string of the molecule is COCCS(=O)(=O)N1CCN(CCCN)CC1. The summed E-state index contributed by atoms with van der Waals surface area (Å²) in [4.78, 5) is 2.26. The number of hydrogen-bond acceptors (Lipinski definition) is 5. The summed E-state index contributed by atoms with van der Waals surface area (Å²) >= 11 is 0. The van der Waals surface area contributed by atoms with Crippen molar-refractivity contribution in [3.8, 4) is 0 Å². The van der Waals surface area contributed by atoms with Crippen molar-refractivity contribution in [3.63, 3.8) is 0 Å². The van der Waals surface area contributed by atoms with Gasteiger partial charge in [0, 0.05) is 33.3 Å². The number of rotatable bonds is 7. The van der Waals surface area contributed by atoms with Crippen LogP contribution in [0.1, 0.15) is 6.42 Å². The van der Waals surface area contributed by atoms with Crippen LogP contribution in [0.5, 0.6) is 0 Å². The molecule has 7 heteroatoms. The first-order chi connectivity index (χ1) is 8.10. The first-order valence-corrected chi connectivity index (χ1v) is 7.60. The lowest BCUT2D eigenvalue weighted by Gasteiger charge is -2.33. The maximum Gasteiger partial charge on any atom is 0.216 e. The molecule has 1 aliphatic heterocycles. The summed E-state index contributed by atoms with van der Waals surface area (Å²) in [6.07, 6.45) is 0.969.